The van der Waals surface area contributed by atoms with Gasteiger partial charge >= 0.3 is 8.80 Å². The lowest BCUT2D eigenvalue weighted by Gasteiger charge is -2.21. The lowest BCUT2D eigenvalue weighted by molar-refractivity contribution is -0.117. The molecular weight excluding hydrogens is 190 g/mol. The highest BCUT2D eigenvalue weighted by atomic mass is 28.4. The second-order valence-corrected chi connectivity index (χ2v) is 5.13. The zero-order valence-electron chi connectivity index (χ0n) is 8.12. The van der Waals surface area contributed by atoms with Crippen molar-refractivity contribution in [3.8, 4) is 0 Å². The Morgan fingerprint density at radius 3 is 2.46 bits per heavy atom. The predicted octanol–water partition coefficient (Wildman–Crippen LogP) is 0.124. The molecule has 0 aliphatic carbocycles. The van der Waals surface area contributed by atoms with Crippen molar-refractivity contribution in [2.75, 3.05) is 21.0 Å². The van der Waals surface area contributed by atoms with Gasteiger partial charge in [-0.2, -0.15) is 0 Å². The van der Waals surface area contributed by atoms with Crippen LogP contribution in [-0.4, -0.2) is 35.7 Å². The Balaban J connectivity index is 3.73. The summed E-state index contributed by atoms with van der Waals surface area (Å²) >= 11 is 0. The fraction of sp³-hybridized carbons (Fsp3) is 0.571. The topological polar surface area (TPSA) is 56.8 Å². The largest absolute Gasteiger partial charge is 0.498 e. The van der Waals surface area contributed by atoms with Crippen LogP contribution >= 0.6 is 0 Å². The molecular formula is C7H15NO4Si. The number of carbonyl (C=O) groups excluding carboxylic acids is 1. The number of hydrogen-bond acceptors (Lipinski definition) is 4. The van der Waals surface area contributed by atoms with E-state index >= 15 is 0 Å². The maximum atomic E-state index is 10.7. The van der Waals surface area contributed by atoms with Crippen molar-refractivity contribution in [3.05, 3.63) is 12.7 Å². The van der Waals surface area contributed by atoms with E-state index in [4.69, 9.17) is 13.3 Å². The van der Waals surface area contributed by atoms with Crippen LogP contribution in [0, 0.1) is 0 Å². The van der Waals surface area contributed by atoms with E-state index in [0.717, 1.165) is 0 Å². The van der Waals surface area contributed by atoms with Crippen LogP contribution in [0.25, 0.3) is 0 Å². The van der Waals surface area contributed by atoms with Gasteiger partial charge in [0.1, 0.15) is 6.73 Å². The van der Waals surface area contributed by atoms with Gasteiger partial charge in [-0.25, -0.2) is 0 Å². The summed E-state index contributed by atoms with van der Waals surface area (Å²) in [5, 5.41) is 2.45. The molecule has 13 heavy (non-hydrogen) atoms. The smallest absolute Gasteiger partial charge is 0.377 e. The molecule has 76 valence electrons. The second-order valence-electron chi connectivity index (χ2n) is 2.30. The molecule has 6 heteroatoms. The summed E-state index contributed by atoms with van der Waals surface area (Å²) in [5.74, 6) is -0.288. The van der Waals surface area contributed by atoms with Crippen LogP contribution in [0.5, 0.6) is 0 Å². The van der Waals surface area contributed by atoms with E-state index in [1.165, 1.54) is 20.3 Å². The van der Waals surface area contributed by atoms with Crippen molar-refractivity contribution in [1.29, 1.82) is 0 Å². The molecule has 0 bridgehead atoms. The summed E-state index contributed by atoms with van der Waals surface area (Å²) in [6, 6.07) is 0. The second kappa shape index (κ2) is 5.87. The van der Waals surface area contributed by atoms with E-state index in [9.17, 15) is 4.79 Å². The normalized spacial score (nSPS) is 11.0. The molecule has 0 saturated carbocycles. The van der Waals surface area contributed by atoms with Crippen molar-refractivity contribution >= 4 is 14.7 Å². The molecule has 0 aromatic rings. The van der Waals surface area contributed by atoms with Crippen molar-refractivity contribution in [3.63, 3.8) is 0 Å². The molecule has 0 aromatic heterocycles. The van der Waals surface area contributed by atoms with E-state index in [0.29, 0.717) is 0 Å². The first-order chi connectivity index (χ1) is 6.08. The number of nitrogens with one attached hydrogen (secondary N) is 1. The highest BCUT2D eigenvalue weighted by Crippen LogP contribution is 2.04. The van der Waals surface area contributed by atoms with E-state index in [2.05, 4.69) is 11.9 Å². The third-order valence-electron chi connectivity index (χ3n) is 1.51. The first-order valence-corrected chi connectivity index (χ1v) is 5.95. The summed E-state index contributed by atoms with van der Waals surface area (Å²) in [6.07, 6.45) is 1.17. The summed E-state index contributed by atoms with van der Waals surface area (Å²) in [7, 11) is 0.484. The van der Waals surface area contributed by atoms with E-state index in [-0.39, 0.29) is 12.6 Å². The molecule has 0 saturated heterocycles. The average molecular weight is 205 g/mol. The Kier molecular flexibility index (Phi) is 5.56. The van der Waals surface area contributed by atoms with Crippen molar-refractivity contribution < 1.29 is 18.1 Å². The summed E-state index contributed by atoms with van der Waals surface area (Å²) in [6.45, 7) is 5.09. The molecule has 0 rings (SSSR count). The van der Waals surface area contributed by atoms with Crippen LogP contribution in [-0.2, 0) is 18.1 Å². The zero-order chi connectivity index (χ0) is 10.3. The Morgan fingerprint density at radius 2 is 2.08 bits per heavy atom. The van der Waals surface area contributed by atoms with Crippen molar-refractivity contribution in [2.24, 2.45) is 0 Å². The van der Waals surface area contributed by atoms with E-state index in [1.807, 2.05) is 0 Å². The zero-order valence-corrected chi connectivity index (χ0v) is 9.12. The number of amides is 1. The monoisotopic (exact) mass is 205 g/mol. The first kappa shape index (κ1) is 12.3. The van der Waals surface area contributed by atoms with Crippen LogP contribution in [0.15, 0.2) is 12.7 Å². The van der Waals surface area contributed by atoms with Gasteiger partial charge in [-0.15, -0.1) is 0 Å². The summed E-state index contributed by atoms with van der Waals surface area (Å²) < 4.78 is 15.3. The van der Waals surface area contributed by atoms with Gasteiger partial charge in [-0.05, 0) is 6.08 Å². The molecule has 0 radical (unpaired) electrons. The lowest BCUT2D eigenvalue weighted by Crippen LogP contribution is -2.43. The van der Waals surface area contributed by atoms with Crippen LogP contribution < -0.4 is 5.32 Å². The maximum Gasteiger partial charge on any atom is 0.498 e. The minimum atomic E-state index is -2.53. The van der Waals surface area contributed by atoms with Gasteiger partial charge < -0.3 is 18.6 Å². The molecule has 0 spiro atoms. The third-order valence-corrected chi connectivity index (χ3v) is 3.66. The van der Waals surface area contributed by atoms with Crippen LogP contribution in [0.2, 0.25) is 6.55 Å². The Morgan fingerprint density at radius 1 is 1.54 bits per heavy atom. The molecule has 0 atom stereocenters. The molecule has 0 unspecified atom stereocenters. The lowest BCUT2D eigenvalue weighted by atomic mass is 10.6. The van der Waals surface area contributed by atoms with Gasteiger partial charge in [-0.1, -0.05) is 6.58 Å². The summed E-state index contributed by atoms with van der Waals surface area (Å²) in [5.41, 5.74) is 0. The average Bonchev–Trinajstić information content (AvgIpc) is 2.17. The Bertz CT molecular complexity index is 181. The van der Waals surface area contributed by atoms with Gasteiger partial charge in [0.2, 0.25) is 5.91 Å². The van der Waals surface area contributed by atoms with Crippen LogP contribution in [0.1, 0.15) is 0 Å². The predicted molar refractivity (Wildman–Crippen MR) is 49.9 cm³/mol. The van der Waals surface area contributed by atoms with Gasteiger partial charge in [0.15, 0.2) is 0 Å². The summed E-state index contributed by atoms with van der Waals surface area (Å²) in [4.78, 5) is 10.7. The number of hydrogen-bond donors (Lipinski definition) is 1. The maximum absolute atomic E-state index is 10.7. The Hall–Kier alpha value is -0.693. The molecule has 5 nitrogen and oxygen atoms in total. The molecule has 0 aliphatic heterocycles. The van der Waals surface area contributed by atoms with Crippen LogP contribution in [0.3, 0.4) is 0 Å². The van der Waals surface area contributed by atoms with Gasteiger partial charge in [-0.3, -0.25) is 4.79 Å². The molecule has 1 amide bonds. The third kappa shape index (κ3) is 4.78. The fourth-order valence-corrected chi connectivity index (χ4v) is 1.25. The number of carbonyl (C=O) groups is 1. The fourth-order valence-electron chi connectivity index (χ4n) is 0.512. The van der Waals surface area contributed by atoms with E-state index in [1.54, 1.807) is 6.55 Å². The SMILES string of the molecule is C=CC(=O)NCO[Si](C)(OC)OC. The van der Waals surface area contributed by atoms with Crippen molar-refractivity contribution in [1.82, 2.24) is 5.32 Å². The highest BCUT2D eigenvalue weighted by Gasteiger charge is 2.31. The minimum absolute atomic E-state index is 0.0647. The molecule has 0 fully saturated rings. The van der Waals surface area contributed by atoms with Gasteiger partial charge in [0.25, 0.3) is 0 Å². The van der Waals surface area contributed by atoms with Crippen LogP contribution in [0.4, 0.5) is 0 Å². The molecule has 0 heterocycles. The minimum Gasteiger partial charge on any atom is -0.377 e. The molecule has 0 aromatic carbocycles. The van der Waals surface area contributed by atoms with Gasteiger partial charge in [0, 0.05) is 20.8 Å². The van der Waals surface area contributed by atoms with Gasteiger partial charge in [0.05, 0.1) is 0 Å². The van der Waals surface area contributed by atoms with E-state index < -0.39 is 8.80 Å². The quantitative estimate of drug-likeness (QED) is 0.380. The Labute approximate surface area is 79.0 Å². The van der Waals surface area contributed by atoms with Crippen molar-refractivity contribution in [2.45, 2.75) is 6.55 Å². The molecule has 1 N–H and O–H groups in total. The molecule has 0 aliphatic rings. The number of rotatable bonds is 6. The standard InChI is InChI=1S/C7H15NO4Si/c1-5-7(9)8-6-12-13(4,10-2)11-3/h5H,1,6H2,2-4H3,(H,8,9). The highest BCUT2D eigenvalue weighted by molar-refractivity contribution is 6.59. The first-order valence-electron chi connectivity index (χ1n) is 3.72.